The fraction of sp³-hybridized carbons (Fsp3) is 0.810. The van der Waals surface area contributed by atoms with Gasteiger partial charge in [0.2, 0.25) is 0 Å². The summed E-state index contributed by atoms with van der Waals surface area (Å²) in [6.45, 7) is 5.81. The molecule has 0 aromatic heterocycles. The van der Waals surface area contributed by atoms with Gasteiger partial charge in [0.1, 0.15) is 5.78 Å². The molecule has 0 amide bonds. The Balaban J connectivity index is 1.78. The minimum atomic E-state index is -0.886. The molecule has 4 nitrogen and oxygen atoms in total. The highest BCUT2D eigenvalue weighted by molar-refractivity contribution is 5.91. The van der Waals surface area contributed by atoms with Gasteiger partial charge in [0.05, 0.1) is 11.7 Å². The van der Waals surface area contributed by atoms with Crippen LogP contribution in [-0.2, 0) is 9.59 Å². The lowest BCUT2D eigenvalue weighted by atomic mass is 9.44. The number of hydrogen-bond acceptors (Lipinski definition) is 4. The third-order valence-electron chi connectivity index (χ3n) is 8.58. The minimum absolute atomic E-state index is 0.000882. The van der Waals surface area contributed by atoms with Gasteiger partial charge < -0.3 is 10.2 Å². The van der Waals surface area contributed by atoms with Crippen LogP contribution < -0.4 is 0 Å². The lowest BCUT2D eigenvalue weighted by Gasteiger charge is -2.62. The van der Waals surface area contributed by atoms with Crippen molar-refractivity contribution < 1.29 is 19.8 Å². The summed E-state index contributed by atoms with van der Waals surface area (Å²) in [5, 5.41) is 23.0. The van der Waals surface area contributed by atoms with Crippen LogP contribution >= 0.6 is 0 Å². The van der Waals surface area contributed by atoms with Crippen LogP contribution in [0, 0.1) is 28.6 Å². The quantitative estimate of drug-likeness (QED) is 0.766. The molecule has 7 atom stereocenters. The monoisotopic (exact) mass is 346 g/mol. The lowest BCUT2D eigenvalue weighted by molar-refractivity contribution is -0.218. The number of Topliss-reactive ketones (excluding diaryl/α,β-unsaturated/α-hetero) is 1. The zero-order chi connectivity index (χ0) is 18.2. The number of allylic oxidation sites excluding steroid dienone is 1. The van der Waals surface area contributed by atoms with E-state index in [0.29, 0.717) is 19.3 Å². The van der Waals surface area contributed by atoms with E-state index in [4.69, 9.17) is 0 Å². The summed E-state index contributed by atoms with van der Waals surface area (Å²) in [6, 6.07) is 0. The molecule has 4 aliphatic rings. The summed E-state index contributed by atoms with van der Waals surface area (Å²) in [5.74, 6) is 0.142. The van der Waals surface area contributed by atoms with Gasteiger partial charge in [-0.05, 0) is 68.8 Å². The molecule has 7 unspecified atom stereocenters. The van der Waals surface area contributed by atoms with Crippen molar-refractivity contribution in [3.05, 3.63) is 11.6 Å². The standard InChI is InChI=1S/C21H30O4/c1-12(22)15-7-9-21(25)16-5-4-13-10-14(23)6-8-19(13,2)18(16)17(24)11-20(15,21)3/h10,15-18,24-25H,4-9,11H2,1-3H3. The van der Waals surface area contributed by atoms with Gasteiger partial charge in [-0.2, -0.15) is 0 Å². The Morgan fingerprint density at radius 2 is 1.92 bits per heavy atom. The zero-order valence-corrected chi connectivity index (χ0v) is 15.5. The third kappa shape index (κ3) is 2.07. The molecule has 4 heteroatoms. The van der Waals surface area contributed by atoms with Crippen LogP contribution in [0.25, 0.3) is 0 Å². The fourth-order valence-electron chi connectivity index (χ4n) is 7.29. The molecule has 4 aliphatic carbocycles. The highest BCUT2D eigenvalue weighted by Gasteiger charge is 2.69. The smallest absolute Gasteiger partial charge is 0.155 e. The Morgan fingerprint density at radius 1 is 1.20 bits per heavy atom. The van der Waals surface area contributed by atoms with E-state index in [9.17, 15) is 19.8 Å². The molecule has 0 radical (unpaired) electrons. The fourth-order valence-corrected chi connectivity index (χ4v) is 7.29. The normalized spacial score (nSPS) is 52.0. The molecule has 0 spiro atoms. The molecule has 138 valence electrons. The summed E-state index contributed by atoms with van der Waals surface area (Å²) in [7, 11) is 0. The number of carbonyl (C=O) groups excluding carboxylic acids is 2. The van der Waals surface area contributed by atoms with Crippen LogP contribution in [0.15, 0.2) is 11.6 Å². The number of hydrogen-bond donors (Lipinski definition) is 2. The van der Waals surface area contributed by atoms with Crippen LogP contribution in [0.1, 0.15) is 65.7 Å². The highest BCUT2D eigenvalue weighted by Crippen LogP contribution is 2.68. The second-order valence-electron chi connectivity index (χ2n) is 9.54. The number of aliphatic hydroxyl groups excluding tert-OH is 1. The lowest BCUT2D eigenvalue weighted by Crippen LogP contribution is -2.65. The average molecular weight is 346 g/mol. The predicted octanol–water partition coefficient (Wildman–Crippen LogP) is 2.81. The summed E-state index contributed by atoms with van der Waals surface area (Å²) < 4.78 is 0. The van der Waals surface area contributed by atoms with Gasteiger partial charge in [0.15, 0.2) is 5.78 Å². The first-order valence-corrected chi connectivity index (χ1v) is 9.78. The second-order valence-corrected chi connectivity index (χ2v) is 9.54. The van der Waals surface area contributed by atoms with E-state index in [-0.39, 0.29) is 34.7 Å². The van der Waals surface area contributed by atoms with Crippen molar-refractivity contribution in [3.63, 3.8) is 0 Å². The molecule has 4 rings (SSSR count). The van der Waals surface area contributed by atoms with Crippen molar-refractivity contribution in [2.45, 2.75) is 77.4 Å². The topological polar surface area (TPSA) is 74.6 Å². The minimum Gasteiger partial charge on any atom is -0.393 e. The molecular weight excluding hydrogens is 316 g/mol. The molecular formula is C21H30O4. The van der Waals surface area contributed by atoms with Crippen molar-refractivity contribution in [2.75, 3.05) is 0 Å². The zero-order valence-electron chi connectivity index (χ0n) is 15.5. The number of carbonyl (C=O) groups is 2. The first kappa shape index (κ1) is 17.4. The van der Waals surface area contributed by atoms with E-state index in [1.54, 1.807) is 13.0 Å². The van der Waals surface area contributed by atoms with Crippen LogP contribution in [0.2, 0.25) is 0 Å². The van der Waals surface area contributed by atoms with E-state index in [2.05, 4.69) is 6.92 Å². The van der Waals surface area contributed by atoms with Crippen molar-refractivity contribution in [3.8, 4) is 0 Å². The Kier molecular flexibility index (Phi) is 3.66. The van der Waals surface area contributed by atoms with Gasteiger partial charge in [0, 0.05) is 17.8 Å². The van der Waals surface area contributed by atoms with Crippen molar-refractivity contribution in [2.24, 2.45) is 28.6 Å². The third-order valence-corrected chi connectivity index (χ3v) is 8.58. The predicted molar refractivity (Wildman–Crippen MR) is 93.7 cm³/mol. The summed E-state index contributed by atoms with van der Waals surface area (Å²) >= 11 is 0. The maximum Gasteiger partial charge on any atom is 0.155 e. The number of ketones is 2. The van der Waals surface area contributed by atoms with Crippen LogP contribution in [0.5, 0.6) is 0 Å². The van der Waals surface area contributed by atoms with Gasteiger partial charge in [0.25, 0.3) is 0 Å². The van der Waals surface area contributed by atoms with Crippen LogP contribution in [0.3, 0.4) is 0 Å². The SMILES string of the molecule is CC(=O)C1CCC2(O)C3CCC4=CC(=O)CCC4(C)C3C(O)CC12C. The first-order valence-electron chi connectivity index (χ1n) is 9.78. The van der Waals surface area contributed by atoms with Crippen LogP contribution in [0.4, 0.5) is 0 Å². The highest BCUT2D eigenvalue weighted by atomic mass is 16.3. The molecule has 0 aromatic carbocycles. The van der Waals surface area contributed by atoms with Crippen molar-refractivity contribution in [1.82, 2.24) is 0 Å². The molecule has 25 heavy (non-hydrogen) atoms. The Bertz CT molecular complexity index is 667. The average Bonchev–Trinajstić information content (AvgIpc) is 2.79. The summed E-state index contributed by atoms with van der Waals surface area (Å²) in [4.78, 5) is 24.1. The van der Waals surface area contributed by atoms with E-state index in [1.807, 2.05) is 6.92 Å². The van der Waals surface area contributed by atoms with E-state index < -0.39 is 17.1 Å². The van der Waals surface area contributed by atoms with Gasteiger partial charge in [-0.1, -0.05) is 19.4 Å². The van der Waals surface area contributed by atoms with Gasteiger partial charge in [-0.25, -0.2) is 0 Å². The van der Waals surface area contributed by atoms with Gasteiger partial charge in [-0.15, -0.1) is 0 Å². The van der Waals surface area contributed by atoms with Crippen molar-refractivity contribution >= 4 is 11.6 Å². The Hall–Kier alpha value is -1.00. The molecule has 0 aliphatic heterocycles. The molecule has 0 heterocycles. The molecule has 0 aromatic rings. The second kappa shape index (κ2) is 5.26. The number of fused-ring (bicyclic) bond motifs is 5. The Labute approximate surface area is 149 Å². The summed E-state index contributed by atoms with van der Waals surface area (Å²) in [6.07, 6.45) is 6.03. The molecule has 3 fully saturated rings. The molecule has 2 N–H and O–H groups in total. The van der Waals surface area contributed by atoms with E-state index >= 15 is 0 Å². The van der Waals surface area contributed by atoms with Gasteiger partial charge >= 0.3 is 0 Å². The Morgan fingerprint density at radius 3 is 2.60 bits per heavy atom. The van der Waals surface area contributed by atoms with E-state index in [0.717, 1.165) is 31.3 Å². The maximum absolute atomic E-state index is 12.2. The molecule has 3 saturated carbocycles. The number of rotatable bonds is 1. The molecule has 0 saturated heterocycles. The number of aliphatic hydroxyl groups is 2. The van der Waals surface area contributed by atoms with Crippen LogP contribution in [-0.4, -0.2) is 33.5 Å². The van der Waals surface area contributed by atoms with Crippen molar-refractivity contribution in [1.29, 1.82) is 0 Å². The van der Waals surface area contributed by atoms with E-state index in [1.165, 1.54) is 0 Å². The van der Waals surface area contributed by atoms with Gasteiger partial charge in [-0.3, -0.25) is 9.59 Å². The first-order chi connectivity index (χ1) is 11.6. The molecule has 0 bridgehead atoms. The summed E-state index contributed by atoms with van der Waals surface area (Å²) in [5.41, 5.74) is -0.468. The maximum atomic E-state index is 12.2. The largest absolute Gasteiger partial charge is 0.393 e.